The average Bonchev–Trinajstić information content (AvgIpc) is 2.72. The van der Waals surface area contributed by atoms with Crippen LogP contribution < -0.4 is 11.3 Å². The van der Waals surface area contributed by atoms with Gasteiger partial charge in [0.1, 0.15) is 11.3 Å². The van der Waals surface area contributed by atoms with E-state index >= 15 is 0 Å². The second kappa shape index (κ2) is 6.00. The maximum absolute atomic E-state index is 5.61. The van der Waals surface area contributed by atoms with E-state index in [1.807, 2.05) is 61.9 Å². The van der Waals surface area contributed by atoms with Crippen LogP contribution in [0, 0.1) is 0 Å². The van der Waals surface area contributed by atoms with Gasteiger partial charge in [0.2, 0.25) is 0 Å². The third-order valence-electron chi connectivity index (χ3n) is 2.40. The fraction of sp³-hybridized carbons (Fsp3) is 0. The summed E-state index contributed by atoms with van der Waals surface area (Å²) in [5.41, 5.74) is 2.81. The zero-order chi connectivity index (χ0) is 10.8. The molecule has 3 aromatic rings. The first-order valence-electron chi connectivity index (χ1n) is 5.17. The van der Waals surface area contributed by atoms with Crippen LogP contribution in [0.15, 0.2) is 59.0 Å². The number of aromatic nitrogens is 1. The van der Waals surface area contributed by atoms with Gasteiger partial charge in [-0.15, -0.1) is 0 Å². The van der Waals surface area contributed by atoms with Gasteiger partial charge in [-0.2, -0.15) is 0 Å². The van der Waals surface area contributed by atoms with Gasteiger partial charge >= 0.3 is 0 Å². The third kappa shape index (κ3) is 2.77. The molecule has 0 amide bonds. The van der Waals surface area contributed by atoms with Gasteiger partial charge in [-0.3, -0.25) is 0 Å². The molecule has 18 heavy (non-hydrogen) atoms. The van der Waals surface area contributed by atoms with Crippen LogP contribution in [0.5, 0.6) is 0 Å². The zero-order valence-electron chi connectivity index (χ0n) is 9.63. The Balaban J connectivity index is 0.000000810. The van der Waals surface area contributed by atoms with Crippen LogP contribution in [0.2, 0.25) is 0 Å². The lowest BCUT2D eigenvalue weighted by Gasteiger charge is -1.92. The molecule has 0 atom stereocenters. The Morgan fingerprint density at radius 2 is 1.50 bits per heavy atom. The van der Waals surface area contributed by atoms with Crippen LogP contribution in [-0.4, -0.2) is 23.2 Å². The second-order valence-corrected chi connectivity index (χ2v) is 3.57. The summed E-state index contributed by atoms with van der Waals surface area (Å²) in [6.45, 7) is 0. The molecule has 3 rings (SSSR count). The van der Waals surface area contributed by atoms with Crippen molar-refractivity contribution >= 4 is 29.6 Å². The molecule has 1 aromatic heterocycles. The Bertz CT molecular complexity index is 577. The summed E-state index contributed by atoms with van der Waals surface area (Å²) in [6, 6.07) is 17.8. The molecule has 4 N–H and O–H groups in total. The maximum Gasteiger partial charge on any atom is 0.267 e. The number of fused-ring (bicyclic) bond motifs is 1. The Kier molecular flexibility index (Phi) is 4.65. The molecule has 0 saturated carbocycles. The molecular weight excluding hydrogens is 229 g/mol. The summed E-state index contributed by atoms with van der Waals surface area (Å²) in [6.07, 6.45) is 0. The van der Waals surface area contributed by atoms with Crippen LogP contribution in [0.1, 0.15) is 0 Å². The minimum atomic E-state index is 0. The molecule has 0 aliphatic rings. The highest BCUT2D eigenvalue weighted by molar-refractivity contribution is 6.65. The van der Waals surface area contributed by atoms with Gasteiger partial charge in [-0.25, -0.2) is 4.98 Å². The van der Waals surface area contributed by atoms with E-state index in [0.717, 1.165) is 16.6 Å². The number of benzene rings is 2. The third-order valence-corrected chi connectivity index (χ3v) is 2.40. The van der Waals surface area contributed by atoms with Gasteiger partial charge in [0, 0.05) is 0 Å². The van der Waals surface area contributed by atoms with Crippen molar-refractivity contribution in [3.63, 3.8) is 0 Å². The maximum atomic E-state index is 5.61. The number of hydrogen-bond donors (Lipinski definition) is 0. The molecule has 1 radical (unpaired) electrons. The van der Waals surface area contributed by atoms with Gasteiger partial charge in [-0.05, 0) is 12.1 Å². The molecule has 0 aliphatic heterocycles. The lowest BCUT2D eigenvalue weighted by Crippen LogP contribution is -2.27. The number of hydrogen-bond acceptors (Lipinski definition) is 2. The van der Waals surface area contributed by atoms with E-state index in [1.165, 1.54) is 0 Å². The second-order valence-electron chi connectivity index (χ2n) is 3.57. The quantitative estimate of drug-likeness (QED) is 0.584. The van der Waals surface area contributed by atoms with Crippen molar-refractivity contribution in [2.75, 3.05) is 0 Å². The van der Waals surface area contributed by atoms with Crippen molar-refractivity contribution in [2.45, 2.75) is 0 Å². The average molecular weight is 242 g/mol. The normalized spacial score (nSPS) is 9.33. The molecule has 1 heterocycles. The van der Waals surface area contributed by atoms with E-state index in [4.69, 9.17) is 4.42 Å². The van der Waals surface area contributed by atoms with Crippen molar-refractivity contribution in [3.05, 3.63) is 54.6 Å². The fourth-order valence-electron chi connectivity index (χ4n) is 1.64. The van der Waals surface area contributed by atoms with E-state index in [0.29, 0.717) is 5.79 Å². The summed E-state index contributed by atoms with van der Waals surface area (Å²) in [4.78, 5) is 4.39. The summed E-state index contributed by atoms with van der Waals surface area (Å²) < 4.78 is 5.61. The first-order chi connectivity index (χ1) is 7.92. The SMILES string of the molecule is O.O.[B](c1ccccc1)c1nc2ccccc2o1. The first-order valence-corrected chi connectivity index (χ1v) is 5.17. The zero-order valence-corrected chi connectivity index (χ0v) is 9.63. The highest BCUT2D eigenvalue weighted by Gasteiger charge is 2.06. The number of nitrogens with zero attached hydrogens (tertiary/aromatic N) is 1. The molecule has 2 aromatic carbocycles. The van der Waals surface area contributed by atoms with Crippen LogP contribution in [0.4, 0.5) is 0 Å². The molecule has 0 fully saturated rings. The van der Waals surface area contributed by atoms with Crippen LogP contribution in [0.25, 0.3) is 11.1 Å². The molecule has 4 nitrogen and oxygen atoms in total. The smallest absolute Gasteiger partial charge is 0.267 e. The van der Waals surface area contributed by atoms with Crippen molar-refractivity contribution in [3.8, 4) is 0 Å². The van der Waals surface area contributed by atoms with E-state index in [1.54, 1.807) is 0 Å². The van der Waals surface area contributed by atoms with Gasteiger partial charge in [0.15, 0.2) is 5.58 Å². The number of para-hydroxylation sites is 2. The van der Waals surface area contributed by atoms with Crippen LogP contribution in [-0.2, 0) is 0 Å². The molecule has 0 bridgehead atoms. The molecule has 0 spiro atoms. The lowest BCUT2D eigenvalue weighted by atomic mass is 9.70. The Hall–Kier alpha value is -2.11. The number of rotatable bonds is 2. The van der Waals surface area contributed by atoms with Crippen molar-refractivity contribution < 1.29 is 15.4 Å². The van der Waals surface area contributed by atoms with Gasteiger partial charge in [-0.1, -0.05) is 47.9 Å². The molecule has 91 valence electrons. The molecular formula is C13H13BNO3. The highest BCUT2D eigenvalue weighted by atomic mass is 16.3. The minimum absolute atomic E-state index is 0. The van der Waals surface area contributed by atoms with E-state index in [9.17, 15) is 0 Å². The topological polar surface area (TPSA) is 89.0 Å². The molecule has 5 heteroatoms. The van der Waals surface area contributed by atoms with Crippen molar-refractivity contribution in [1.82, 2.24) is 4.98 Å². The van der Waals surface area contributed by atoms with Crippen LogP contribution >= 0.6 is 0 Å². The van der Waals surface area contributed by atoms with Crippen LogP contribution in [0.3, 0.4) is 0 Å². The van der Waals surface area contributed by atoms with Gasteiger partial charge < -0.3 is 15.4 Å². The Morgan fingerprint density at radius 1 is 0.833 bits per heavy atom. The summed E-state index contributed by atoms with van der Waals surface area (Å²) in [5, 5.41) is 0. The minimum Gasteiger partial charge on any atom is -0.451 e. The largest absolute Gasteiger partial charge is 0.451 e. The summed E-state index contributed by atoms with van der Waals surface area (Å²) >= 11 is 0. The van der Waals surface area contributed by atoms with Crippen molar-refractivity contribution in [2.24, 2.45) is 0 Å². The standard InChI is InChI=1S/C13H9BNO.2H2O/c1-2-6-10(7-3-1)14-13-15-11-8-4-5-9-12(11)16-13;;/h1-9H;2*1H2. The fourth-order valence-corrected chi connectivity index (χ4v) is 1.64. The number of oxazole rings is 1. The molecule has 0 saturated heterocycles. The van der Waals surface area contributed by atoms with E-state index in [2.05, 4.69) is 4.98 Å². The Labute approximate surface area is 105 Å². The monoisotopic (exact) mass is 242 g/mol. The molecule has 0 aliphatic carbocycles. The first kappa shape index (κ1) is 14.0. The van der Waals surface area contributed by atoms with Gasteiger partial charge in [0.05, 0.1) is 0 Å². The predicted octanol–water partition coefficient (Wildman–Crippen LogP) is -0.167. The predicted molar refractivity (Wildman–Crippen MR) is 72.7 cm³/mol. The van der Waals surface area contributed by atoms with Gasteiger partial charge in [0.25, 0.3) is 7.28 Å². The molecule has 0 unspecified atom stereocenters. The summed E-state index contributed by atoms with van der Waals surface area (Å²) in [5.74, 6) is 0.646. The Morgan fingerprint density at radius 3 is 2.22 bits per heavy atom. The lowest BCUT2D eigenvalue weighted by molar-refractivity contribution is 0.643. The van der Waals surface area contributed by atoms with Crippen molar-refractivity contribution in [1.29, 1.82) is 0 Å². The van der Waals surface area contributed by atoms with E-state index < -0.39 is 0 Å². The van der Waals surface area contributed by atoms with E-state index in [-0.39, 0.29) is 11.0 Å². The highest BCUT2D eigenvalue weighted by Crippen LogP contribution is 2.08. The summed E-state index contributed by atoms with van der Waals surface area (Å²) in [7, 11) is 1.93.